The summed E-state index contributed by atoms with van der Waals surface area (Å²) in [7, 11) is 1.27. The third-order valence-corrected chi connectivity index (χ3v) is 9.59. The molecule has 2 saturated heterocycles. The fraction of sp³-hybridized carbons (Fsp3) is 0.290. The van der Waals surface area contributed by atoms with Crippen LogP contribution in [0.4, 0.5) is 44.2 Å². The monoisotopic (exact) mass is 822 g/mol. The largest absolute Gasteiger partial charge is 0.475 e. The normalized spacial score (nSPS) is 17.9. The van der Waals surface area contributed by atoms with Crippen molar-refractivity contribution in [1.29, 1.82) is 0 Å². The van der Waals surface area contributed by atoms with Crippen molar-refractivity contribution in [1.82, 2.24) is 29.9 Å². The number of nitrogens with one attached hydrogen (secondary N) is 2. The molecular weight excluding hydrogens is 796 g/mol. The number of fused-ring (bicyclic) bond motifs is 8. The first kappa shape index (κ1) is 34.0. The van der Waals surface area contributed by atoms with Crippen LogP contribution >= 0.6 is 31.9 Å². The number of pyridine rings is 2. The lowest BCUT2D eigenvalue weighted by atomic mass is 10.2. The fourth-order valence-corrected chi connectivity index (χ4v) is 6.99. The quantitative estimate of drug-likeness (QED) is 0.248. The van der Waals surface area contributed by atoms with Crippen LogP contribution in [0.1, 0.15) is 34.1 Å². The summed E-state index contributed by atoms with van der Waals surface area (Å²) in [6, 6.07) is 6.08. The first-order valence-corrected chi connectivity index (χ1v) is 17.2. The lowest BCUT2D eigenvalue weighted by molar-refractivity contribution is 0.0585. The molecule has 2 fully saturated rings. The Morgan fingerprint density at radius 3 is 1.69 bits per heavy atom. The number of hydrogen-bond donors (Lipinski definition) is 3. The average molecular weight is 824 g/mol. The second-order valence-electron chi connectivity index (χ2n) is 11.7. The molecule has 8 rings (SSSR count). The van der Waals surface area contributed by atoms with E-state index in [0.29, 0.717) is 42.0 Å². The summed E-state index contributed by atoms with van der Waals surface area (Å²) in [5.41, 5.74) is 1.39. The highest BCUT2D eigenvalue weighted by Gasteiger charge is 2.42. The summed E-state index contributed by atoms with van der Waals surface area (Å²) in [6.45, 7) is 2.94. The van der Waals surface area contributed by atoms with Crippen molar-refractivity contribution in [3.05, 3.63) is 69.6 Å². The van der Waals surface area contributed by atoms with Crippen molar-refractivity contribution in [2.45, 2.75) is 24.9 Å². The molecule has 4 amide bonds. The van der Waals surface area contributed by atoms with Crippen molar-refractivity contribution < 1.29 is 29.0 Å². The van der Waals surface area contributed by atoms with Crippen molar-refractivity contribution in [2.75, 3.05) is 63.5 Å². The van der Waals surface area contributed by atoms with Crippen LogP contribution in [0.2, 0.25) is 0 Å². The van der Waals surface area contributed by atoms with E-state index < -0.39 is 18.0 Å². The maximum atomic E-state index is 12.9. The maximum absolute atomic E-state index is 12.9. The van der Waals surface area contributed by atoms with Gasteiger partial charge >= 0.3 is 24.0 Å². The Balaban J connectivity index is 0.000000159. The molecule has 0 spiro atoms. The minimum atomic E-state index is -1.23. The van der Waals surface area contributed by atoms with Gasteiger partial charge in [-0.15, -0.1) is 0 Å². The third kappa shape index (κ3) is 6.83. The Kier molecular flexibility index (Phi) is 9.34. The summed E-state index contributed by atoms with van der Waals surface area (Å²) < 4.78 is 6.29. The highest BCUT2D eigenvalue weighted by atomic mass is 79.9. The number of urea groups is 2. The van der Waals surface area contributed by atoms with Crippen LogP contribution in [-0.4, -0.2) is 104 Å². The summed E-state index contributed by atoms with van der Waals surface area (Å²) in [4.78, 5) is 80.6. The number of anilines is 6. The molecule has 0 saturated carbocycles. The molecule has 262 valence electrons. The summed E-state index contributed by atoms with van der Waals surface area (Å²) in [5, 5.41) is 14.7. The predicted molar refractivity (Wildman–Crippen MR) is 190 cm³/mol. The van der Waals surface area contributed by atoms with Gasteiger partial charge in [-0.25, -0.2) is 49.1 Å². The van der Waals surface area contributed by atoms with Crippen LogP contribution < -0.4 is 30.2 Å². The molecule has 0 unspecified atom stereocenters. The molecule has 8 heterocycles. The number of nitrogens with zero attached hydrogens (tertiary/aromatic N) is 10. The van der Waals surface area contributed by atoms with E-state index in [-0.39, 0.29) is 29.8 Å². The standard InChI is InChI=1S/C16H15BrN6O3.C15H13BrN6O3/c1-26-15(24)13-19-7-11-14(21-13)23(10-3-5-22(11)8-10)16(25)20-12-6-9(17)2-4-18-12;16-8-1-3-17-11(5-8)19-15(25)22-9-2-4-21(7-9)10-6-18-12(14(23)24)20-13(10)22/h2,4,6-7,10H,3,5,8H2,1H3,(H,18,20,25);1,3,5-6,9H,2,4,7H2,(H,23,24)(H,17,19,25)/t10-;9-/m00/s1. The number of carboxylic acids is 1. The fourth-order valence-electron chi connectivity index (χ4n) is 6.32. The maximum Gasteiger partial charge on any atom is 0.376 e. The van der Waals surface area contributed by atoms with Crippen molar-refractivity contribution in [3.63, 3.8) is 0 Å². The Morgan fingerprint density at radius 2 is 1.24 bits per heavy atom. The predicted octanol–water partition coefficient (Wildman–Crippen LogP) is 4.01. The molecular formula is C31H28Br2N12O6. The lowest BCUT2D eigenvalue weighted by Crippen LogP contribution is -2.48. The number of aromatic nitrogens is 6. The van der Waals surface area contributed by atoms with Gasteiger partial charge in [0.15, 0.2) is 11.6 Å². The smallest absolute Gasteiger partial charge is 0.376 e. The van der Waals surface area contributed by atoms with Crippen LogP contribution in [0.25, 0.3) is 0 Å². The second kappa shape index (κ2) is 14.0. The number of halogens is 2. The number of rotatable bonds is 4. The highest BCUT2D eigenvalue weighted by Crippen LogP contribution is 2.40. The molecule has 4 aromatic rings. The molecule has 0 aliphatic carbocycles. The average Bonchev–Trinajstić information content (AvgIpc) is 3.73. The van der Waals surface area contributed by atoms with Crippen LogP contribution in [0.3, 0.4) is 0 Å². The molecule has 51 heavy (non-hydrogen) atoms. The van der Waals surface area contributed by atoms with E-state index in [2.05, 4.69) is 86.9 Å². The molecule has 2 atom stereocenters. The van der Waals surface area contributed by atoms with E-state index in [4.69, 9.17) is 5.11 Å². The molecule has 0 radical (unpaired) electrons. The molecule has 3 N–H and O–H groups in total. The summed E-state index contributed by atoms with van der Waals surface area (Å²) in [5.74, 6) is -0.746. The topological polar surface area (TPSA) is 212 Å². The molecule has 0 aromatic carbocycles. The van der Waals surface area contributed by atoms with E-state index in [1.807, 2.05) is 0 Å². The minimum absolute atomic E-state index is 0.0324. The lowest BCUT2D eigenvalue weighted by Gasteiger charge is -2.35. The Hall–Kier alpha value is -5.50. The number of carboxylic acid groups (broad SMARTS) is 1. The van der Waals surface area contributed by atoms with Gasteiger partial charge in [-0.2, -0.15) is 0 Å². The van der Waals surface area contributed by atoms with Crippen molar-refractivity contribution in [2.24, 2.45) is 0 Å². The van der Waals surface area contributed by atoms with Crippen molar-refractivity contribution in [3.8, 4) is 0 Å². The zero-order valence-corrected chi connectivity index (χ0v) is 29.9. The number of carbonyl (C=O) groups excluding carboxylic acids is 3. The number of aromatic carboxylic acids is 1. The van der Waals surface area contributed by atoms with Gasteiger partial charge in [0.1, 0.15) is 11.6 Å². The third-order valence-electron chi connectivity index (χ3n) is 8.61. The molecule has 4 bridgehead atoms. The van der Waals surface area contributed by atoms with Gasteiger partial charge < -0.3 is 19.6 Å². The number of ether oxygens (including phenoxy) is 1. The minimum Gasteiger partial charge on any atom is -0.475 e. The zero-order valence-electron chi connectivity index (χ0n) is 26.7. The SMILES string of the molecule is COC(=O)c1ncc2c(n1)N(C(=O)Nc1cc(Br)ccn1)[C@H]1CCN2C1.O=C(O)c1ncc2c(n1)N(C(=O)Nc1cc(Br)ccn1)[C@H]1CCN2C1. The second-order valence-corrected chi connectivity index (χ2v) is 13.5. The zero-order chi connectivity index (χ0) is 35.8. The van der Waals surface area contributed by atoms with Gasteiger partial charge in [0.2, 0.25) is 11.6 Å². The number of esters is 1. The summed E-state index contributed by atoms with van der Waals surface area (Å²) in [6.07, 6.45) is 7.78. The van der Waals surface area contributed by atoms with E-state index >= 15 is 0 Å². The molecule has 4 aliphatic rings. The number of hydrogen-bond acceptors (Lipinski definition) is 13. The van der Waals surface area contributed by atoms with Crippen molar-refractivity contribution >= 4 is 90.5 Å². The Morgan fingerprint density at radius 1 is 0.765 bits per heavy atom. The van der Waals surface area contributed by atoms with Gasteiger partial charge in [0.05, 0.1) is 43.0 Å². The summed E-state index contributed by atoms with van der Waals surface area (Å²) >= 11 is 6.69. The first-order chi connectivity index (χ1) is 24.6. The van der Waals surface area contributed by atoms with E-state index in [9.17, 15) is 19.2 Å². The van der Waals surface area contributed by atoms with Gasteiger partial charge in [-0.1, -0.05) is 31.9 Å². The Bertz CT molecular complexity index is 2060. The number of amides is 4. The number of carbonyl (C=O) groups is 4. The van der Waals surface area contributed by atoms with Crippen LogP contribution in [0, 0.1) is 0 Å². The van der Waals surface area contributed by atoms with Crippen LogP contribution in [-0.2, 0) is 4.74 Å². The molecule has 18 nitrogen and oxygen atoms in total. The Labute approximate surface area is 306 Å². The van der Waals surface area contributed by atoms with E-state index in [0.717, 1.165) is 40.6 Å². The first-order valence-electron chi connectivity index (χ1n) is 15.6. The van der Waals surface area contributed by atoms with Gasteiger partial charge in [-0.05, 0) is 37.1 Å². The van der Waals surface area contributed by atoms with E-state index in [1.54, 1.807) is 47.8 Å². The van der Waals surface area contributed by atoms with Gasteiger partial charge in [0.25, 0.3) is 0 Å². The molecule has 4 aromatic heterocycles. The van der Waals surface area contributed by atoms with Gasteiger partial charge in [-0.3, -0.25) is 20.4 Å². The highest BCUT2D eigenvalue weighted by molar-refractivity contribution is 9.10. The van der Waals surface area contributed by atoms with Gasteiger partial charge in [0, 0.05) is 47.5 Å². The van der Waals surface area contributed by atoms with E-state index in [1.165, 1.54) is 18.2 Å². The molecule has 20 heteroatoms. The van der Waals surface area contributed by atoms with Crippen LogP contribution in [0.5, 0.6) is 0 Å². The van der Waals surface area contributed by atoms with Crippen LogP contribution in [0.15, 0.2) is 58.0 Å². The number of methoxy groups -OCH3 is 1. The molecule has 4 aliphatic heterocycles.